The second kappa shape index (κ2) is 4.13. The van der Waals surface area contributed by atoms with Gasteiger partial charge < -0.3 is 5.32 Å². The highest BCUT2D eigenvalue weighted by Gasteiger charge is 2.48. The van der Waals surface area contributed by atoms with Crippen molar-refractivity contribution in [2.24, 2.45) is 0 Å². The molecular formula is C14H26N2O. The Morgan fingerprint density at radius 2 is 1.59 bits per heavy atom. The van der Waals surface area contributed by atoms with Crippen molar-refractivity contribution in [2.45, 2.75) is 64.1 Å². The van der Waals surface area contributed by atoms with Crippen LogP contribution in [0.15, 0.2) is 12.7 Å². The standard InChI is InChI=1S/C14H26N2O/c1-8-11(17)15-14(6)9-12(2,3)16(7)13(4,5)10-14/h8H,1,9-10H2,2-7H3,(H,15,17). The van der Waals surface area contributed by atoms with Crippen LogP contribution in [-0.2, 0) is 4.79 Å². The van der Waals surface area contributed by atoms with Crippen LogP contribution in [0.25, 0.3) is 0 Å². The van der Waals surface area contributed by atoms with Crippen LogP contribution < -0.4 is 5.32 Å². The lowest BCUT2D eigenvalue weighted by Gasteiger charge is -2.57. The molecule has 0 aromatic heterocycles. The van der Waals surface area contributed by atoms with E-state index < -0.39 is 0 Å². The van der Waals surface area contributed by atoms with Crippen molar-refractivity contribution in [1.82, 2.24) is 10.2 Å². The molecule has 0 unspecified atom stereocenters. The van der Waals surface area contributed by atoms with Crippen molar-refractivity contribution >= 4 is 5.91 Å². The maximum atomic E-state index is 11.5. The van der Waals surface area contributed by atoms with E-state index in [2.05, 4.69) is 58.5 Å². The molecule has 1 aliphatic rings. The summed E-state index contributed by atoms with van der Waals surface area (Å²) in [4.78, 5) is 14.0. The van der Waals surface area contributed by atoms with Gasteiger partial charge in [-0.2, -0.15) is 0 Å². The van der Waals surface area contributed by atoms with Crippen LogP contribution in [0.1, 0.15) is 47.5 Å². The number of rotatable bonds is 2. The predicted molar refractivity (Wildman–Crippen MR) is 71.9 cm³/mol. The van der Waals surface area contributed by atoms with Gasteiger partial charge in [0.1, 0.15) is 0 Å². The first-order valence-corrected chi connectivity index (χ1v) is 6.21. The average Bonchev–Trinajstić information content (AvgIpc) is 2.11. The fraction of sp³-hybridized carbons (Fsp3) is 0.786. The van der Waals surface area contributed by atoms with E-state index in [1.54, 1.807) is 0 Å². The zero-order valence-electron chi connectivity index (χ0n) is 12.1. The minimum Gasteiger partial charge on any atom is -0.347 e. The Morgan fingerprint density at radius 3 is 1.94 bits per heavy atom. The Bertz CT molecular complexity index is 313. The van der Waals surface area contributed by atoms with Crippen molar-refractivity contribution in [2.75, 3.05) is 7.05 Å². The Hall–Kier alpha value is -0.830. The van der Waals surface area contributed by atoms with Gasteiger partial charge in [-0.15, -0.1) is 0 Å². The molecule has 1 rings (SSSR count). The van der Waals surface area contributed by atoms with E-state index in [0.29, 0.717) is 0 Å². The molecule has 98 valence electrons. The van der Waals surface area contributed by atoms with E-state index in [1.807, 2.05) is 0 Å². The normalized spacial score (nSPS) is 26.2. The average molecular weight is 238 g/mol. The molecular weight excluding hydrogens is 212 g/mol. The summed E-state index contributed by atoms with van der Waals surface area (Å²) in [6, 6.07) is 0. The monoisotopic (exact) mass is 238 g/mol. The number of nitrogens with zero attached hydrogens (tertiary/aromatic N) is 1. The summed E-state index contributed by atoms with van der Waals surface area (Å²) in [5.41, 5.74) is -0.0132. The third kappa shape index (κ3) is 2.89. The topological polar surface area (TPSA) is 32.3 Å². The molecule has 0 aromatic carbocycles. The van der Waals surface area contributed by atoms with Crippen molar-refractivity contribution in [3.05, 3.63) is 12.7 Å². The molecule has 0 saturated carbocycles. The molecule has 0 aliphatic carbocycles. The summed E-state index contributed by atoms with van der Waals surface area (Å²) in [6.45, 7) is 14.6. The maximum absolute atomic E-state index is 11.5. The third-order valence-electron chi connectivity index (χ3n) is 4.07. The Kier molecular flexibility index (Phi) is 3.45. The summed E-state index contributed by atoms with van der Waals surface area (Å²) in [6.07, 6.45) is 3.24. The van der Waals surface area contributed by atoms with Crippen LogP contribution in [0.4, 0.5) is 0 Å². The van der Waals surface area contributed by atoms with Gasteiger partial charge in [0.25, 0.3) is 0 Å². The molecule has 1 N–H and O–H groups in total. The largest absolute Gasteiger partial charge is 0.347 e. The number of carbonyl (C=O) groups excluding carboxylic acids is 1. The van der Waals surface area contributed by atoms with E-state index in [-0.39, 0.29) is 22.5 Å². The second-order valence-electron chi connectivity index (χ2n) is 6.79. The Labute approximate surface area is 105 Å². The molecule has 0 atom stereocenters. The predicted octanol–water partition coefficient (Wildman–Crippen LogP) is 2.33. The van der Waals surface area contributed by atoms with E-state index >= 15 is 0 Å². The zero-order valence-corrected chi connectivity index (χ0v) is 12.1. The van der Waals surface area contributed by atoms with Crippen LogP contribution in [0.3, 0.4) is 0 Å². The molecule has 1 saturated heterocycles. The van der Waals surface area contributed by atoms with Gasteiger partial charge in [-0.1, -0.05) is 6.58 Å². The summed E-state index contributed by atoms with van der Waals surface area (Å²) in [5.74, 6) is -0.0800. The Balaban J connectivity index is 2.97. The molecule has 0 spiro atoms. The number of likely N-dealkylation sites (tertiary alicyclic amines) is 1. The lowest BCUT2D eigenvalue weighted by molar-refractivity contribution is -0.121. The molecule has 17 heavy (non-hydrogen) atoms. The van der Waals surface area contributed by atoms with Gasteiger partial charge >= 0.3 is 0 Å². The van der Waals surface area contributed by atoms with E-state index in [1.165, 1.54) is 6.08 Å². The molecule has 0 aromatic rings. The molecule has 0 radical (unpaired) electrons. The first-order chi connectivity index (χ1) is 7.52. The van der Waals surface area contributed by atoms with E-state index in [4.69, 9.17) is 0 Å². The zero-order chi connectivity index (χ0) is 13.5. The first kappa shape index (κ1) is 14.2. The van der Waals surface area contributed by atoms with Gasteiger partial charge in [0.15, 0.2) is 0 Å². The van der Waals surface area contributed by atoms with Crippen LogP contribution in [-0.4, -0.2) is 34.5 Å². The highest BCUT2D eigenvalue weighted by atomic mass is 16.1. The minimum atomic E-state index is -0.162. The number of amides is 1. The lowest BCUT2D eigenvalue weighted by Crippen LogP contribution is -2.67. The summed E-state index contributed by atoms with van der Waals surface area (Å²) < 4.78 is 0. The van der Waals surface area contributed by atoms with Gasteiger partial charge in [-0.25, -0.2) is 0 Å². The molecule has 1 heterocycles. The number of carbonyl (C=O) groups is 1. The second-order valence-corrected chi connectivity index (χ2v) is 6.79. The molecule has 1 fully saturated rings. The summed E-state index contributed by atoms with van der Waals surface area (Å²) in [5, 5.41) is 3.09. The highest BCUT2D eigenvalue weighted by Crippen LogP contribution is 2.42. The van der Waals surface area contributed by atoms with Gasteiger partial charge in [0, 0.05) is 16.6 Å². The van der Waals surface area contributed by atoms with E-state index in [0.717, 1.165) is 12.8 Å². The summed E-state index contributed by atoms with van der Waals surface area (Å²) in [7, 11) is 2.16. The van der Waals surface area contributed by atoms with Crippen molar-refractivity contribution in [3.63, 3.8) is 0 Å². The van der Waals surface area contributed by atoms with Gasteiger partial charge in [-0.3, -0.25) is 9.69 Å². The molecule has 0 bridgehead atoms. The van der Waals surface area contributed by atoms with Crippen LogP contribution in [0, 0.1) is 0 Å². The minimum absolute atomic E-state index is 0.0744. The molecule has 1 aliphatic heterocycles. The van der Waals surface area contributed by atoms with Gasteiger partial charge in [0.2, 0.25) is 5.91 Å². The summed E-state index contributed by atoms with van der Waals surface area (Å²) >= 11 is 0. The quantitative estimate of drug-likeness (QED) is 0.749. The Morgan fingerprint density at radius 1 is 1.18 bits per heavy atom. The fourth-order valence-corrected chi connectivity index (χ4v) is 3.47. The first-order valence-electron chi connectivity index (χ1n) is 6.21. The molecule has 3 heteroatoms. The van der Waals surface area contributed by atoms with E-state index in [9.17, 15) is 4.79 Å². The smallest absolute Gasteiger partial charge is 0.243 e. The SMILES string of the molecule is C=CC(=O)NC1(C)CC(C)(C)N(C)C(C)(C)C1. The van der Waals surface area contributed by atoms with Crippen LogP contribution >= 0.6 is 0 Å². The number of nitrogens with one attached hydrogen (secondary N) is 1. The van der Waals surface area contributed by atoms with Crippen molar-refractivity contribution in [1.29, 1.82) is 0 Å². The third-order valence-corrected chi connectivity index (χ3v) is 4.07. The fourth-order valence-electron chi connectivity index (χ4n) is 3.47. The van der Waals surface area contributed by atoms with Crippen molar-refractivity contribution < 1.29 is 4.79 Å². The van der Waals surface area contributed by atoms with Gasteiger partial charge in [0.05, 0.1) is 0 Å². The number of piperidine rings is 1. The number of hydrogen-bond acceptors (Lipinski definition) is 2. The van der Waals surface area contributed by atoms with Crippen molar-refractivity contribution in [3.8, 4) is 0 Å². The highest BCUT2D eigenvalue weighted by molar-refractivity contribution is 5.87. The lowest BCUT2D eigenvalue weighted by atomic mass is 9.70. The van der Waals surface area contributed by atoms with Crippen LogP contribution in [0.2, 0.25) is 0 Å². The van der Waals surface area contributed by atoms with Gasteiger partial charge in [-0.05, 0) is 60.6 Å². The molecule has 1 amide bonds. The maximum Gasteiger partial charge on any atom is 0.243 e. The molecule has 3 nitrogen and oxygen atoms in total. The van der Waals surface area contributed by atoms with Crippen LogP contribution in [0.5, 0.6) is 0 Å². The number of hydrogen-bond donors (Lipinski definition) is 1.